The molecule has 1 saturated carbocycles. The molecule has 1 nitrogen and oxygen atoms in total. The highest BCUT2D eigenvalue weighted by Crippen LogP contribution is 2.36. The first-order valence-corrected chi connectivity index (χ1v) is 7.70. The number of anilines is 1. The Balaban J connectivity index is 2.17. The van der Waals surface area contributed by atoms with Crippen LogP contribution in [-0.4, -0.2) is 6.04 Å². The summed E-state index contributed by atoms with van der Waals surface area (Å²) < 4.78 is 13.9. The summed E-state index contributed by atoms with van der Waals surface area (Å²) in [6, 6.07) is 3.26. The lowest BCUT2D eigenvalue weighted by molar-refractivity contribution is 0.317. The van der Waals surface area contributed by atoms with Gasteiger partial charge in [-0.2, -0.15) is 0 Å². The molecule has 1 aliphatic carbocycles. The lowest BCUT2D eigenvalue weighted by Gasteiger charge is -2.32. The summed E-state index contributed by atoms with van der Waals surface area (Å²) in [5.74, 6) is 0.375. The number of halogens is 3. The molecule has 0 saturated heterocycles. The van der Waals surface area contributed by atoms with E-state index in [0.717, 1.165) is 5.69 Å². The van der Waals surface area contributed by atoms with Crippen LogP contribution in [0, 0.1) is 11.7 Å². The Morgan fingerprint density at radius 2 is 2.11 bits per heavy atom. The summed E-state index contributed by atoms with van der Waals surface area (Å²) in [7, 11) is 0. The number of hydrogen-bond acceptors (Lipinski definition) is 1. The second kappa shape index (κ2) is 6.25. The van der Waals surface area contributed by atoms with Gasteiger partial charge in [0.15, 0.2) is 0 Å². The van der Waals surface area contributed by atoms with Crippen LogP contribution >= 0.6 is 27.5 Å². The second-order valence-electron chi connectivity index (χ2n) is 4.95. The zero-order chi connectivity index (χ0) is 13.1. The van der Waals surface area contributed by atoms with E-state index in [2.05, 4.69) is 28.2 Å². The number of hydrogen-bond donors (Lipinski definition) is 1. The quantitative estimate of drug-likeness (QED) is 0.756. The second-order valence-corrected chi connectivity index (χ2v) is 6.21. The van der Waals surface area contributed by atoms with Gasteiger partial charge in [0.2, 0.25) is 0 Å². The van der Waals surface area contributed by atoms with Crippen molar-refractivity contribution >= 4 is 33.2 Å². The van der Waals surface area contributed by atoms with Crippen LogP contribution in [0.5, 0.6) is 0 Å². The maximum absolute atomic E-state index is 13.2. The normalized spacial score (nSPS) is 24.0. The van der Waals surface area contributed by atoms with Crippen LogP contribution in [0.25, 0.3) is 0 Å². The van der Waals surface area contributed by atoms with Gasteiger partial charge in [-0.3, -0.25) is 0 Å². The first-order chi connectivity index (χ1) is 8.61. The average molecular weight is 335 g/mol. The number of rotatable bonds is 3. The summed E-state index contributed by atoms with van der Waals surface area (Å²) in [6.07, 6.45) is 6.18. The Kier molecular flexibility index (Phi) is 4.91. The van der Waals surface area contributed by atoms with Crippen molar-refractivity contribution in [2.45, 2.75) is 45.1 Å². The van der Waals surface area contributed by atoms with Crippen molar-refractivity contribution < 1.29 is 4.39 Å². The fourth-order valence-electron chi connectivity index (χ4n) is 2.75. The van der Waals surface area contributed by atoms with Crippen LogP contribution in [0.15, 0.2) is 16.6 Å². The molecule has 2 rings (SSSR count). The van der Waals surface area contributed by atoms with Gasteiger partial charge in [0.1, 0.15) is 5.82 Å². The third-order valence-corrected chi connectivity index (χ3v) is 4.69. The Bertz CT molecular complexity index is 401. The summed E-state index contributed by atoms with van der Waals surface area (Å²) >= 11 is 9.49. The number of benzene rings is 1. The highest BCUT2D eigenvalue weighted by atomic mass is 79.9. The summed E-state index contributed by atoms with van der Waals surface area (Å²) in [5.41, 5.74) is 0.823. The average Bonchev–Trinajstić information content (AvgIpc) is 2.34. The molecule has 4 heteroatoms. The summed E-state index contributed by atoms with van der Waals surface area (Å²) in [4.78, 5) is 0. The predicted molar refractivity (Wildman–Crippen MR) is 78.8 cm³/mol. The molecule has 0 heterocycles. The van der Waals surface area contributed by atoms with E-state index >= 15 is 0 Å². The van der Waals surface area contributed by atoms with Crippen molar-refractivity contribution in [1.29, 1.82) is 0 Å². The Morgan fingerprint density at radius 1 is 1.39 bits per heavy atom. The molecule has 0 aliphatic heterocycles. The van der Waals surface area contributed by atoms with Crippen LogP contribution in [0.3, 0.4) is 0 Å². The molecule has 1 N–H and O–H groups in total. The Hall–Kier alpha value is -0.280. The third kappa shape index (κ3) is 3.18. The first-order valence-electron chi connectivity index (χ1n) is 6.53. The molecule has 1 aromatic rings. The molecule has 1 aliphatic rings. The van der Waals surface area contributed by atoms with Crippen molar-refractivity contribution in [2.75, 3.05) is 5.32 Å². The van der Waals surface area contributed by atoms with Crippen molar-refractivity contribution in [3.05, 3.63) is 27.4 Å². The lowest BCUT2D eigenvalue weighted by Crippen LogP contribution is -2.32. The van der Waals surface area contributed by atoms with Crippen LogP contribution in [-0.2, 0) is 0 Å². The monoisotopic (exact) mass is 333 g/mol. The molecular weight excluding hydrogens is 317 g/mol. The molecule has 1 aromatic carbocycles. The van der Waals surface area contributed by atoms with E-state index in [1.165, 1.54) is 44.2 Å². The summed E-state index contributed by atoms with van der Waals surface area (Å²) in [5, 5.41) is 3.95. The molecule has 1 fully saturated rings. The fourth-order valence-corrected chi connectivity index (χ4v) is 3.67. The Labute approximate surface area is 121 Å². The van der Waals surface area contributed by atoms with E-state index in [4.69, 9.17) is 11.6 Å². The van der Waals surface area contributed by atoms with E-state index in [9.17, 15) is 4.39 Å². The van der Waals surface area contributed by atoms with Gasteiger partial charge in [-0.1, -0.05) is 37.8 Å². The van der Waals surface area contributed by atoms with Gasteiger partial charge in [-0.15, -0.1) is 0 Å². The van der Waals surface area contributed by atoms with Gasteiger partial charge < -0.3 is 5.32 Å². The van der Waals surface area contributed by atoms with Crippen molar-refractivity contribution in [3.8, 4) is 0 Å². The van der Waals surface area contributed by atoms with Crippen LogP contribution in [0.1, 0.15) is 39.0 Å². The van der Waals surface area contributed by atoms with E-state index < -0.39 is 0 Å². The highest BCUT2D eigenvalue weighted by molar-refractivity contribution is 9.10. The molecule has 0 amide bonds. The van der Waals surface area contributed by atoms with Gasteiger partial charge in [0.05, 0.1) is 10.7 Å². The molecule has 2 atom stereocenters. The van der Waals surface area contributed by atoms with Gasteiger partial charge >= 0.3 is 0 Å². The topological polar surface area (TPSA) is 12.0 Å². The molecule has 18 heavy (non-hydrogen) atoms. The first kappa shape index (κ1) is 14.1. The maximum Gasteiger partial charge on any atom is 0.125 e. The van der Waals surface area contributed by atoms with Crippen LogP contribution in [0.4, 0.5) is 10.1 Å². The Morgan fingerprint density at radius 3 is 2.78 bits per heavy atom. The standard InChI is InChI=1S/C14H18BrClFN/c1-2-9-5-3-4-6-13(9)18-14-11(15)7-10(17)8-12(14)16/h7-9,13,18H,2-6H2,1H3. The van der Waals surface area contributed by atoms with Crippen LogP contribution < -0.4 is 5.32 Å². The fraction of sp³-hybridized carbons (Fsp3) is 0.571. The van der Waals surface area contributed by atoms with Gasteiger partial charge in [0, 0.05) is 10.5 Å². The van der Waals surface area contributed by atoms with Gasteiger partial charge in [0.25, 0.3) is 0 Å². The molecule has 0 aromatic heterocycles. The zero-order valence-electron chi connectivity index (χ0n) is 10.5. The molecule has 0 spiro atoms. The largest absolute Gasteiger partial charge is 0.380 e. The summed E-state index contributed by atoms with van der Waals surface area (Å²) in [6.45, 7) is 2.23. The zero-order valence-corrected chi connectivity index (χ0v) is 12.8. The van der Waals surface area contributed by atoms with Gasteiger partial charge in [-0.25, -0.2) is 4.39 Å². The molecule has 2 unspecified atom stereocenters. The molecule has 100 valence electrons. The minimum Gasteiger partial charge on any atom is -0.380 e. The smallest absolute Gasteiger partial charge is 0.125 e. The number of nitrogens with one attached hydrogen (secondary N) is 1. The van der Waals surface area contributed by atoms with E-state index in [1.807, 2.05) is 0 Å². The van der Waals surface area contributed by atoms with Gasteiger partial charge in [-0.05, 0) is 46.8 Å². The van der Waals surface area contributed by atoms with E-state index in [-0.39, 0.29) is 5.82 Å². The van der Waals surface area contributed by atoms with E-state index in [1.54, 1.807) is 0 Å². The SMILES string of the molecule is CCC1CCCCC1Nc1c(Cl)cc(F)cc1Br. The van der Waals surface area contributed by atoms with Crippen molar-refractivity contribution in [1.82, 2.24) is 0 Å². The highest BCUT2D eigenvalue weighted by Gasteiger charge is 2.24. The van der Waals surface area contributed by atoms with Crippen molar-refractivity contribution in [2.24, 2.45) is 5.92 Å². The van der Waals surface area contributed by atoms with E-state index in [0.29, 0.717) is 21.5 Å². The van der Waals surface area contributed by atoms with Crippen LogP contribution in [0.2, 0.25) is 5.02 Å². The lowest BCUT2D eigenvalue weighted by atomic mass is 9.83. The molecule has 0 bridgehead atoms. The maximum atomic E-state index is 13.2. The molecule has 0 radical (unpaired) electrons. The minimum absolute atomic E-state index is 0.312. The minimum atomic E-state index is -0.312. The van der Waals surface area contributed by atoms with Crippen molar-refractivity contribution in [3.63, 3.8) is 0 Å². The molecular formula is C14H18BrClFN. The predicted octanol–water partition coefficient (Wildman–Crippen LogP) is 5.62. The third-order valence-electron chi connectivity index (χ3n) is 3.77.